The quantitative estimate of drug-likeness (QED) is 0.340. The Bertz CT molecular complexity index is 1420. The molecule has 12 heteroatoms. The highest BCUT2D eigenvalue weighted by atomic mass is 19.4. The fourth-order valence-corrected chi connectivity index (χ4v) is 6.01. The first kappa shape index (κ1) is 28.4. The van der Waals surface area contributed by atoms with Gasteiger partial charge in [0.25, 0.3) is 11.8 Å². The molecule has 3 aromatic rings. The van der Waals surface area contributed by atoms with Gasteiger partial charge in [-0.2, -0.15) is 26.3 Å². The molecule has 1 spiro atoms. The zero-order valence-corrected chi connectivity index (χ0v) is 22.1. The molecule has 2 aromatic carbocycles. The number of carbonyl (C=O) groups is 2. The summed E-state index contributed by atoms with van der Waals surface area (Å²) < 4.78 is 80.4. The second-order valence-corrected chi connectivity index (χ2v) is 10.6. The van der Waals surface area contributed by atoms with Crippen molar-refractivity contribution >= 4 is 23.2 Å². The minimum absolute atomic E-state index is 0.00792. The number of pyridine rings is 1. The van der Waals surface area contributed by atoms with Crippen molar-refractivity contribution in [3.63, 3.8) is 0 Å². The zero-order chi connectivity index (χ0) is 29.8. The van der Waals surface area contributed by atoms with Gasteiger partial charge in [-0.3, -0.25) is 19.5 Å². The number of nitrogens with zero attached hydrogens (tertiary/aromatic N) is 4. The number of carbonyl (C=O) groups excluding carboxylic acids is 2. The van der Waals surface area contributed by atoms with E-state index in [4.69, 9.17) is 0 Å². The Morgan fingerprint density at radius 3 is 1.90 bits per heavy atom. The third-order valence-corrected chi connectivity index (χ3v) is 7.75. The Morgan fingerprint density at radius 1 is 0.829 bits per heavy atom. The van der Waals surface area contributed by atoms with E-state index in [1.807, 2.05) is 49.1 Å². The first-order valence-electron chi connectivity index (χ1n) is 12.9. The van der Waals surface area contributed by atoms with Crippen LogP contribution in [0, 0.1) is 0 Å². The van der Waals surface area contributed by atoms with E-state index in [2.05, 4.69) is 4.98 Å². The lowest BCUT2D eigenvalue weighted by Gasteiger charge is -2.47. The average Bonchev–Trinajstić information content (AvgIpc) is 3.09. The molecule has 3 heterocycles. The lowest BCUT2D eigenvalue weighted by Crippen LogP contribution is -2.60. The number of benzene rings is 2. The number of hydrogen-bond donors (Lipinski definition) is 0. The van der Waals surface area contributed by atoms with Gasteiger partial charge in [0.05, 0.1) is 23.0 Å². The number of halogens is 6. The van der Waals surface area contributed by atoms with E-state index in [1.54, 1.807) is 29.4 Å². The first-order chi connectivity index (χ1) is 19.2. The molecule has 2 aliphatic rings. The van der Waals surface area contributed by atoms with Gasteiger partial charge < -0.3 is 9.80 Å². The van der Waals surface area contributed by atoms with Crippen LogP contribution >= 0.6 is 0 Å². The molecule has 2 aliphatic heterocycles. The van der Waals surface area contributed by atoms with Crippen LogP contribution in [0.3, 0.4) is 0 Å². The summed E-state index contributed by atoms with van der Waals surface area (Å²) in [6.45, 7) is 3.67. The molecule has 5 rings (SSSR count). The maximum Gasteiger partial charge on any atom is 0.416 e. The Labute approximate surface area is 232 Å². The van der Waals surface area contributed by atoms with E-state index in [0.29, 0.717) is 17.8 Å². The summed E-state index contributed by atoms with van der Waals surface area (Å²) in [4.78, 5) is 36.5. The molecule has 2 fully saturated rings. The van der Waals surface area contributed by atoms with Crippen LogP contribution in [0.15, 0.2) is 73.1 Å². The second-order valence-electron chi connectivity index (χ2n) is 10.6. The Morgan fingerprint density at radius 2 is 1.39 bits per heavy atom. The molecule has 0 saturated carbocycles. The van der Waals surface area contributed by atoms with Gasteiger partial charge in [-0.1, -0.05) is 18.2 Å². The second kappa shape index (κ2) is 9.78. The molecule has 0 atom stereocenters. The van der Waals surface area contributed by atoms with Crippen LogP contribution in [0.1, 0.15) is 48.2 Å². The molecule has 2 amide bonds. The summed E-state index contributed by atoms with van der Waals surface area (Å²) in [5.41, 5.74) is -4.50. The molecular weight excluding hydrogens is 550 g/mol. The van der Waals surface area contributed by atoms with E-state index in [0.717, 1.165) is 5.69 Å². The number of alkyl halides is 6. The molecule has 216 valence electrons. The van der Waals surface area contributed by atoms with Crippen molar-refractivity contribution in [3.05, 3.63) is 89.7 Å². The number of anilines is 2. The number of hydrogen-bond acceptors (Lipinski definition) is 4. The Kier molecular flexibility index (Phi) is 6.78. The summed E-state index contributed by atoms with van der Waals surface area (Å²) in [6, 6.07) is 13.6. The fourth-order valence-electron chi connectivity index (χ4n) is 6.01. The van der Waals surface area contributed by atoms with Crippen LogP contribution in [0.4, 0.5) is 37.7 Å². The van der Waals surface area contributed by atoms with Gasteiger partial charge in [0, 0.05) is 30.5 Å². The van der Waals surface area contributed by atoms with Gasteiger partial charge in [-0.15, -0.1) is 0 Å². The first-order valence-corrected chi connectivity index (χ1v) is 12.9. The number of amides is 2. The maximum absolute atomic E-state index is 14.2. The van der Waals surface area contributed by atoms with E-state index in [-0.39, 0.29) is 37.9 Å². The van der Waals surface area contributed by atoms with Gasteiger partial charge in [-0.05, 0) is 69.2 Å². The number of para-hydroxylation sites is 1. The van der Waals surface area contributed by atoms with Crippen molar-refractivity contribution in [2.24, 2.45) is 0 Å². The van der Waals surface area contributed by atoms with E-state index >= 15 is 0 Å². The fraction of sp³-hybridized carbons (Fsp3) is 0.345. The van der Waals surface area contributed by atoms with Crippen LogP contribution in [0.25, 0.3) is 0 Å². The monoisotopic (exact) mass is 576 g/mol. The Balaban J connectivity index is 1.50. The minimum atomic E-state index is -5.07. The smallest absolute Gasteiger partial charge is 0.338 e. The van der Waals surface area contributed by atoms with Crippen molar-refractivity contribution in [2.45, 2.75) is 50.2 Å². The molecule has 0 radical (unpaired) electrons. The topological polar surface area (TPSA) is 56.8 Å². The van der Waals surface area contributed by atoms with Crippen LogP contribution in [-0.4, -0.2) is 46.0 Å². The highest BCUT2D eigenvalue weighted by Gasteiger charge is 2.62. The molecule has 0 aliphatic carbocycles. The summed E-state index contributed by atoms with van der Waals surface area (Å²) in [6.07, 6.45) is -6.77. The van der Waals surface area contributed by atoms with Gasteiger partial charge in [-0.25, -0.2) is 0 Å². The zero-order valence-electron chi connectivity index (χ0n) is 22.1. The van der Waals surface area contributed by atoms with Crippen molar-refractivity contribution in [1.82, 2.24) is 9.88 Å². The largest absolute Gasteiger partial charge is 0.416 e. The van der Waals surface area contributed by atoms with Gasteiger partial charge in [0.15, 0.2) is 0 Å². The SMILES string of the molecule is CC1(C)N(c2cccnc2)C(=O)C2(CCN(C(=O)c3cc(C(F)(F)F)cc(C(F)(F)F)c3)CC2)N1c1ccccc1. The van der Waals surface area contributed by atoms with Crippen molar-refractivity contribution < 1.29 is 35.9 Å². The molecule has 0 N–H and O–H groups in total. The molecule has 41 heavy (non-hydrogen) atoms. The van der Waals surface area contributed by atoms with Gasteiger partial charge >= 0.3 is 12.4 Å². The predicted octanol–water partition coefficient (Wildman–Crippen LogP) is 6.38. The summed E-state index contributed by atoms with van der Waals surface area (Å²) >= 11 is 0. The number of piperidine rings is 1. The summed E-state index contributed by atoms with van der Waals surface area (Å²) in [7, 11) is 0. The number of aromatic nitrogens is 1. The number of likely N-dealkylation sites (tertiary alicyclic amines) is 1. The molecule has 1 aromatic heterocycles. The average molecular weight is 577 g/mol. The maximum atomic E-state index is 14.2. The third-order valence-electron chi connectivity index (χ3n) is 7.75. The highest BCUT2D eigenvalue weighted by Crippen LogP contribution is 2.49. The predicted molar refractivity (Wildman–Crippen MR) is 139 cm³/mol. The van der Waals surface area contributed by atoms with Crippen LogP contribution in [0.5, 0.6) is 0 Å². The third kappa shape index (κ3) is 4.89. The Hall–Kier alpha value is -4.09. The highest BCUT2D eigenvalue weighted by molar-refractivity contribution is 6.08. The lowest BCUT2D eigenvalue weighted by atomic mass is 9.84. The number of rotatable bonds is 3. The van der Waals surface area contributed by atoms with Crippen molar-refractivity contribution in [1.29, 1.82) is 0 Å². The van der Waals surface area contributed by atoms with E-state index < -0.39 is 46.2 Å². The van der Waals surface area contributed by atoms with E-state index in [1.165, 1.54) is 4.90 Å². The summed E-state index contributed by atoms with van der Waals surface area (Å²) in [5.74, 6) is -1.19. The van der Waals surface area contributed by atoms with Crippen LogP contribution in [-0.2, 0) is 17.1 Å². The minimum Gasteiger partial charge on any atom is -0.338 e. The molecule has 6 nitrogen and oxygen atoms in total. The lowest BCUT2D eigenvalue weighted by molar-refractivity contribution is -0.143. The van der Waals surface area contributed by atoms with Crippen molar-refractivity contribution in [3.8, 4) is 0 Å². The molecule has 2 saturated heterocycles. The van der Waals surface area contributed by atoms with Crippen LogP contribution in [0.2, 0.25) is 0 Å². The molecular formula is C29H26F6N4O2. The molecule has 0 unspecified atom stereocenters. The van der Waals surface area contributed by atoms with Gasteiger partial charge in [0.1, 0.15) is 11.2 Å². The van der Waals surface area contributed by atoms with Crippen molar-refractivity contribution in [2.75, 3.05) is 22.9 Å². The molecule has 0 bridgehead atoms. The standard InChI is InChI=1S/C29H26F6N4O2/c1-26(2)38(23-9-6-12-36-18-23)25(41)27(39(26)22-7-4-3-5-8-22)10-13-37(14-11-27)24(40)19-15-20(28(30,31)32)17-21(16-19)29(33,34)35/h3-9,12,15-18H,10-11,13-14H2,1-2H3. The van der Waals surface area contributed by atoms with Crippen LogP contribution < -0.4 is 9.80 Å². The van der Waals surface area contributed by atoms with Gasteiger partial charge in [0.2, 0.25) is 0 Å². The summed E-state index contributed by atoms with van der Waals surface area (Å²) in [5, 5.41) is 0. The van der Waals surface area contributed by atoms with E-state index in [9.17, 15) is 35.9 Å². The normalized spacial score (nSPS) is 18.7.